The molecule has 0 radical (unpaired) electrons. The number of hydrogen-bond donors (Lipinski definition) is 1. The zero-order valence-corrected chi connectivity index (χ0v) is 22.8. The average Bonchev–Trinajstić information content (AvgIpc) is 3.67. The largest absolute Gasteiger partial charge is 0.493 e. The quantitative estimate of drug-likeness (QED) is 0.289. The van der Waals surface area contributed by atoms with Crippen LogP contribution in [0.25, 0.3) is 10.9 Å². The second-order valence-corrected chi connectivity index (χ2v) is 11.0. The van der Waals surface area contributed by atoms with Crippen molar-refractivity contribution in [2.45, 2.75) is 45.4 Å². The summed E-state index contributed by atoms with van der Waals surface area (Å²) in [6.07, 6.45) is 1.65. The van der Waals surface area contributed by atoms with Gasteiger partial charge >= 0.3 is 0 Å². The second-order valence-electron chi connectivity index (χ2n) is 9.93. The molecule has 0 aliphatic rings. The summed E-state index contributed by atoms with van der Waals surface area (Å²) in [5.41, 5.74) is 0.486. The molecule has 1 aromatic carbocycles. The molecule has 1 unspecified atom stereocenters. The van der Waals surface area contributed by atoms with Gasteiger partial charge in [-0.25, -0.2) is 4.68 Å². The van der Waals surface area contributed by atoms with E-state index in [4.69, 9.17) is 13.9 Å². The molecule has 0 spiro atoms. The van der Waals surface area contributed by atoms with Crippen LogP contribution >= 0.6 is 11.3 Å². The zero-order chi connectivity index (χ0) is 26.9. The highest BCUT2D eigenvalue weighted by atomic mass is 32.1. The van der Waals surface area contributed by atoms with Crippen molar-refractivity contribution in [3.05, 3.63) is 86.5 Å². The van der Waals surface area contributed by atoms with Crippen LogP contribution in [0, 0.1) is 0 Å². The Balaban J connectivity index is 1.73. The number of ether oxygens (including phenoxy) is 2. The van der Waals surface area contributed by atoms with Crippen molar-refractivity contribution < 1.29 is 13.9 Å². The highest BCUT2D eigenvalue weighted by Gasteiger charge is 2.34. The molecule has 4 aromatic heterocycles. The number of hydrogen-bond acceptors (Lipinski definition) is 9. The van der Waals surface area contributed by atoms with Gasteiger partial charge in [-0.2, -0.15) is 0 Å². The van der Waals surface area contributed by atoms with Crippen molar-refractivity contribution in [1.82, 2.24) is 30.1 Å². The van der Waals surface area contributed by atoms with Gasteiger partial charge in [-0.3, -0.25) is 9.69 Å². The van der Waals surface area contributed by atoms with Crippen LogP contribution < -0.4 is 15.0 Å². The number of nitrogens with one attached hydrogen (secondary N) is 1. The summed E-state index contributed by atoms with van der Waals surface area (Å²) in [5, 5.41) is 15.6. The normalized spacial score (nSPS) is 12.8. The smallest absolute Gasteiger partial charge is 0.253 e. The highest BCUT2D eigenvalue weighted by Crippen LogP contribution is 2.35. The third kappa shape index (κ3) is 5.07. The minimum absolute atomic E-state index is 0.242. The molecule has 0 fully saturated rings. The number of nitrogens with zero attached hydrogens (tertiary/aromatic N) is 5. The number of rotatable bonds is 9. The number of aromatic nitrogens is 5. The Labute approximate surface area is 223 Å². The fourth-order valence-electron chi connectivity index (χ4n) is 4.54. The molecule has 10 nitrogen and oxygen atoms in total. The molecule has 0 aliphatic heterocycles. The average molecular weight is 535 g/mol. The number of H-pyrrole nitrogens is 1. The number of tetrazole rings is 1. The van der Waals surface area contributed by atoms with E-state index in [9.17, 15) is 4.79 Å². The monoisotopic (exact) mass is 534 g/mol. The van der Waals surface area contributed by atoms with Crippen LogP contribution in [0.1, 0.15) is 48.8 Å². The van der Waals surface area contributed by atoms with Crippen LogP contribution in [-0.4, -0.2) is 44.3 Å². The number of methoxy groups -OCH3 is 2. The van der Waals surface area contributed by atoms with Crippen molar-refractivity contribution in [1.29, 1.82) is 0 Å². The summed E-state index contributed by atoms with van der Waals surface area (Å²) in [7, 11) is 3.15. The summed E-state index contributed by atoms with van der Waals surface area (Å²) < 4.78 is 18.5. The van der Waals surface area contributed by atoms with Crippen molar-refractivity contribution in [2.75, 3.05) is 14.2 Å². The maximum Gasteiger partial charge on any atom is 0.253 e. The summed E-state index contributed by atoms with van der Waals surface area (Å²) >= 11 is 1.65. The Morgan fingerprint density at radius 1 is 1.11 bits per heavy atom. The highest BCUT2D eigenvalue weighted by molar-refractivity contribution is 7.09. The molecule has 5 aromatic rings. The van der Waals surface area contributed by atoms with E-state index in [1.165, 1.54) is 0 Å². The van der Waals surface area contributed by atoms with Crippen LogP contribution in [-0.2, 0) is 18.6 Å². The van der Waals surface area contributed by atoms with Gasteiger partial charge in [0.1, 0.15) is 11.8 Å². The summed E-state index contributed by atoms with van der Waals surface area (Å²) in [6.45, 7) is 7.09. The fraction of sp³-hybridized carbons (Fsp3) is 0.333. The van der Waals surface area contributed by atoms with Gasteiger partial charge in [-0.05, 0) is 66.9 Å². The molecule has 0 amide bonds. The maximum atomic E-state index is 13.7. The van der Waals surface area contributed by atoms with Crippen LogP contribution in [0.4, 0.5) is 0 Å². The standard InChI is InChI=1S/C27H30N6O4S/c1-27(2,3)33-25(29-30-31-33)24(32(15-18-8-6-10-37-18)16-19-9-7-11-38-19)20-12-17-13-22(35-4)23(36-5)14-21(17)28-26(20)34/h6-14,24H,15-16H2,1-5H3,(H,28,34). The first-order chi connectivity index (χ1) is 18.3. The lowest BCUT2D eigenvalue weighted by molar-refractivity contribution is 0.173. The van der Waals surface area contributed by atoms with Gasteiger partial charge in [0.25, 0.3) is 5.56 Å². The molecule has 0 bridgehead atoms. The van der Waals surface area contributed by atoms with E-state index in [2.05, 4.69) is 31.5 Å². The molecule has 38 heavy (non-hydrogen) atoms. The van der Waals surface area contributed by atoms with E-state index >= 15 is 0 Å². The number of fused-ring (bicyclic) bond motifs is 1. The molecule has 198 valence electrons. The van der Waals surface area contributed by atoms with Gasteiger partial charge in [0, 0.05) is 28.4 Å². The lowest BCUT2D eigenvalue weighted by Crippen LogP contribution is -2.37. The molecule has 1 atom stereocenters. The SMILES string of the molecule is COc1cc2cc(C(c3nnnn3C(C)(C)C)N(Cc3ccco3)Cc3cccs3)c(=O)[nH]c2cc1OC. The van der Waals surface area contributed by atoms with Gasteiger partial charge in [0.15, 0.2) is 17.3 Å². The van der Waals surface area contributed by atoms with Crippen LogP contribution in [0.3, 0.4) is 0 Å². The Morgan fingerprint density at radius 2 is 1.89 bits per heavy atom. The minimum Gasteiger partial charge on any atom is -0.493 e. The van der Waals surface area contributed by atoms with Gasteiger partial charge in [-0.15, -0.1) is 16.4 Å². The number of thiophene rings is 1. The summed E-state index contributed by atoms with van der Waals surface area (Å²) in [5.74, 6) is 2.43. The Bertz CT molecular complexity index is 1530. The number of furan rings is 1. The van der Waals surface area contributed by atoms with Crippen molar-refractivity contribution in [3.63, 3.8) is 0 Å². The third-order valence-electron chi connectivity index (χ3n) is 6.29. The lowest BCUT2D eigenvalue weighted by atomic mass is 10.0. The Kier molecular flexibility index (Phi) is 7.04. The van der Waals surface area contributed by atoms with Crippen molar-refractivity contribution >= 4 is 22.2 Å². The van der Waals surface area contributed by atoms with Crippen molar-refractivity contribution in [2.24, 2.45) is 0 Å². The van der Waals surface area contributed by atoms with Crippen LogP contribution in [0.15, 0.2) is 63.3 Å². The molecule has 1 N–H and O–H groups in total. The van der Waals surface area contributed by atoms with Crippen LogP contribution in [0.5, 0.6) is 11.5 Å². The summed E-state index contributed by atoms with van der Waals surface area (Å²) in [4.78, 5) is 20.1. The molecule has 5 rings (SSSR count). The number of aromatic amines is 1. The van der Waals surface area contributed by atoms with Crippen LogP contribution in [0.2, 0.25) is 0 Å². The zero-order valence-electron chi connectivity index (χ0n) is 22.0. The van der Waals surface area contributed by atoms with Gasteiger partial charge in [0.05, 0.1) is 38.1 Å². The van der Waals surface area contributed by atoms with E-state index in [0.717, 1.165) is 16.0 Å². The minimum atomic E-state index is -0.585. The molecule has 0 aliphatic carbocycles. The third-order valence-corrected chi connectivity index (χ3v) is 7.15. The fourth-order valence-corrected chi connectivity index (χ4v) is 5.27. The topological polar surface area (TPSA) is 111 Å². The molecule has 0 saturated carbocycles. The Morgan fingerprint density at radius 3 is 2.55 bits per heavy atom. The molecular formula is C27H30N6O4S. The first kappa shape index (κ1) is 25.7. The molecule has 4 heterocycles. The van der Waals surface area contributed by atoms with Gasteiger partial charge in [0.2, 0.25) is 0 Å². The van der Waals surface area contributed by atoms with E-state index in [-0.39, 0.29) is 5.56 Å². The van der Waals surface area contributed by atoms with E-state index in [1.807, 2.05) is 56.5 Å². The molecule has 0 saturated heterocycles. The predicted octanol–water partition coefficient (Wildman–Crippen LogP) is 4.73. The van der Waals surface area contributed by atoms with Crippen molar-refractivity contribution in [3.8, 4) is 11.5 Å². The van der Waals surface area contributed by atoms with Gasteiger partial charge < -0.3 is 18.9 Å². The summed E-state index contributed by atoms with van der Waals surface area (Å²) in [6, 6.07) is 12.8. The second kappa shape index (κ2) is 10.4. The van der Waals surface area contributed by atoms with Gasteiger partial charge in [-0.1, -0.05) is 6.07 Å². The molecule has 11 heteroatoms. The number of pyridine rings is 1. The van der Waals surface area contributed by atoms with E-state index < -0.39 is 11.6 Å². The van der Waals surface area contributed by atoms with E-state index in [0.29, 0.717) is 41.5 Å². The predicted molar refractivity (Wildman–Crippen MR) is 145 cm³/mol. The van der Waals surface area contributed by atoms with E-state index in [1.54, 1.807) is 42.6 Å². The molecular weight excluding hydrogens is 504 g/mol. The number of benzene rings is 1. The Hall–Kier alpha value is -3.96. The first-order valence-electron chi connectivity index (χ1n) is 12.1. The maximum absolute atomic E-state index is 13.7. The first-order valence-corrected chi connectivity index (χ1v) is 13.0. The lowest BCUT2D eigenvalue weighted by Gasteiger charge is -2.32.